The average molecular weight is 453 g/mol. The molecule has 29 heavy (non-hydrogen) atoms. The van der Waals surface area contributed by atoms with Gasteiger partial charge in [0.15, 0.2) is 0 Å². The van der Waals surface area contributed by atoms with Gasteiger partial charge in [0, 0.05) is 0 Å². The second-order valence-electron chi connectivity index (χ2n) is 6.69. The Morgan fingerprint density at radius 3 is 1.07 bits per heavy atom. The van der Waals surface area contributed by atoms with Gasteiger partial charge in [0.05, 0.1) is 0 Å². The molecular formula is C24H16F4Ge. The van der Waals surface area contributed by atoms with Crippen LogP contribution in [0, 0.1) is 23.3 Å². The van der Waals surface area contributed by atoms with E-state index in [4.69, 9.17) is 0 Å². The van der Waals surface area contributed by atoms with Gasteiger partial charge in [0.1, 0.15) is 0 Å². The van der Waals surface area contributed by atoms with Gasteiger partial charge >= 0.3 is 169 Å². The standard InChI is InChI=1S/C24H16F4Ge/c25-20-16-21(26)23(28)24(22(20)27)29(17-10-4-1-5-11-17,18-12-6-2-7-13-18)19-14-8-3-9-15-19/h1-16H. The van der Waals surface area contributed by atoms with Gasteiger partial charge in [0.25, 0.3) is 0 Å². The van der Waals surface area contributed by atoms with Gasteiger partial charge in [-0.05, 0) is 0 Å². The Morgan fingerprint density at radius 1 is 0.448 bits per heavy atom. The fraction of sp³-hybridized carbons (Fsp3) is 0. The van der Waals surface area contributed by atoms with E-state index in [0.29, 0.717) is 13.2 Å². The van der Waals surface area contributed by atoms with Crippen molar-refractivity contribution >= 4 is 30.8 Å². The second-order valence-corrected chi connectivity index (χ2v) is 14.5. The van der Waals surface area contributed by atoms with Crippen molar-refractivity contribution in [2.24, 2.45) is 0 Å². The molecule has 0 aromatic heterocycles. The summed E-state index contributed by atoms with van der Waals surface area (Å²) >= 11 is -4.41. The molecule has 0 radical (unpaired) electrons. The van der Waals surface area contributed by atoms with Crippen LogP contribution >= 0.6 is 0 Å². The van der Waals surface area contributed by atoms with Gasteiger partial charge < -0.3 is 0 Å². The number of rotatable bonds is 4. The summed E-state index contributed by atoms with van der Waals surface area (Å²) in [4.78, 5) is 0. The van der Waals surface area contributed by atoms with E-state index in [1.165, 1.54) is 0 Å². The van der Waals surface area contributed by atoms with Gasteiger partial charge in [-0.1, -0.05) is 0 Å². The maximum absolute atomic E-state index is 15.3. The summed E-state index contributed by atoms with van der Waals surface area (Å²) < 4.78 is 60.7. The molecule has 4 aromatic rings. The fourth-order valence-electron chi connectivity index (χ4n) is 3.90. The van der Waals surface area contributed by atoms with Crippen molar-refractivity contribution in [3.8, 4) is 0 Å². The molecule has 4 rings (SSSR count). The van der Waals surface area contributed by atoms with Crippen LogP contribution in [-0.2, 0) is 0 Å². The first-order valence-corrected chi connectivity index (χ1v) is 13.3. The third kappa shape index (κ3) is 3.17. The Morgan fingerprint density at radius 2 is 0.759 bits per heavy atom. The van der Waals surface area contributed by atoms with Gasteiger partial charge in [-0.2, -0.15) is 0 Å². The molecule has 0 unspecified atom stereocenters. The molecule has 0 amide bonds. The SMILES string of the molecule is Fc1cc(F)c(F)[c]([Ge]([c]2ccccc2)([c]2ccccc2)[c]2ccccc2)c1F. The third-order valence-corrected chi connectivity index (χ3v) is 15.2. The molecule has 0 saturated carbocycles. The van der Waals surface area contributed by atoms with Crippen molar-refractivity contribution in [1.82, 2.24) is 0 Å². The second kappa shape index (κ2) is 7.87. The number of benzene rings is 4. The van der Waals surface area contributed by atoms with Crippen LogP contribution in [0.3, 0.4) is 0 Å². The Bertz CT molecular complexity index is 1010. The monoisotopic (exact) mass is 454 g/mol. The Kier molecular flexibility index (Phi) is 5.28. The molecule has 5 heteroatoms. The summed E-state index contributed by atoms with van der Waals surface area (Å²) in [5.74, 6) is -5.45. The zero-order valence-corrected chi connectivity index (χ0v) is 17.3. The Balaban J connectivity index is 2.26. The van der Waals surface area contributed by atoms with E-state index < -0.39 is 40.9 Å². The van der Waals surface area contributed by atoms with Crippen LogP contribution < -0.4 is 17.6 Å². The van der Waals surface area contributed by atoms with E-state index in [1.54, 1.807) is 91.0 Å². The number of hydrogen-bond donors (Lipinski definition) is 0. The zero-order valence-electron chi connectivity index (χ0n) is 15.2. The van der Waals surface area contributed by atoms with E-state index in [-0.39, 0.29) is 6.07 Å². The predicted molar refractivity (Wildman–Crippen MR) is 110 cm³/mol. The molecule has 0 aliphatic carbocycles. The summed E-state index contributed by atoms with van der Waals surface area (Å²) in [6.45, 7) is 0. The minimum atomic E-state index is -4.41. The van der Waals surface area contributed by atoms with Crippen LogP contribution in [0.1, 0.15) is 0 Å². The topological polar surface area (TPSA) is 0 Å². The summed E-state index contributed by atoms with van der Waals surface area (Å²) in [7, 11) is 0. The van der Waals surface area contributed by atoms with Crippen molar-refractivity contribution < 1.29 is 17.6 Å². The fourth-order valence-corrected chi connectivity index (χ4v) is 14.1. The molecule has 0 aliphatic heterocycles. The van der Waals surface area contributed by atoms with E-state index in [0.717, 1.165) is 0 Å². The zero-order chi connectivity index (χ0) is 20.4. The van der Waals surface area contributed by atoms with E-state index in [2.05, 4.69) is 0 Å². The van der Waals surface area contributed by atoms with Crippen LogP contribution in [0.15, 0.2) is 97.1 Å². The molecule has 0 nitrogen and oxygen atoms in total. The van der Waals surface area contributed by atoms with Crippen molar-refractivity contribution in [2.75, 3.05) is 0 Å². The first kappa shape index (κ1) is 19.5. The molecule has 4 aromatic carbocycles. The normalized spacial score (nSPS) is 11.4. The van der Waals surface area contributed by atoms with E-state index >= 15 is 8.78 Å². The van der Waals surface area contributed by atoms with Crippen molar-refractivity contribution in [3.05, 3.63) is 120 Å². The Labute approximate surface area is 168 Å². The van der Waals surface area contributed by atoms with E-state index in [9.17, 15) is 8.78 Å². The van der Waals surface area contributed by atoms with Crippen molar-refractivity contribution in [3.63, 3.8) is 0 Å². The van der Waals surface area contributed by atoms with E-state index in [1.807, 2.05) is 0 Å². The minimum absolute atomic E-state index is 0.266. The molecule has 0 fully saturated rings. The van der Waals surface area contributed by atoms with Gasteiger partial charge in [-0.3, -0.25) is 0 Å². The van der Waals surface area contributed by atoms with Gasteiger partial charge in [-0.15, -0.1) is 0 Å². The molecule has 0 atom stereocenters. The van der Waals surface area contributed by atoms with Crippen molar-refractivity contribution in [2.45, 2.75) is 0 Å². The molecule has 144 valence electrons. The summed E-state index contributed by atoms with van der Waals surface area (Å²) in [6.07, 6.45) is 0. The first-order chi connectivity index (χ1) is 14.1. The number of hydrogen-bond acceptors (Lipinski definition) is 0. The Hall–Kier alpha value is -2.86. The third-order valence-electron chi connectivity index (χ3n) is 5.11. The molecule has 0 aliphatic rings. The van der Waals surface area contributed by atoms with Crippen LogP contribution in [0.25, 0.3) is 0 Å². The van der Waals surface area contributed by atoms with Crippen LogP contribution in [0.4, 0.5) is 17.6 Å². The molecule has 0 bridgehead atoms. The molecular weight excluding hydrogens is 437 g/mol. The van der Waals surface area contributed by atoms with Gasteiger partial charge in [-0.25, -0.2) is 0 Å². The quantitative estimate of drug-likeness (QED) is 0.252. The van der Waals surface area contributed by atoms with Gasteiger partial charge in [0.2, 0.25) is 0 Å². The van der Waals surface area contributed by atoms with Crippen molar-refractivity contribution in [1.29, 1.82) is 0 Å². The van der Waals surface area contributed by atoms with Crippen LogP contribution in [-0.4, -0.2) is 13.3 Å². The molecule has 0 heterocycles. The molecule has 0 saturated heterocycles. The molecule has 0 spiro atoms. The van der Waals surface area contributed by atoms with Crippen LogP contribution in [0.2, 0.25) is 0 Å². The number of halogens is 4. The maximum atomic E-state index is 15.3. The predicted octanol–water partition coefficient (Wildman–Crippen LogP) is 3.62. The van der Waals surface area contributed by atoms with Crippen LogP contribution in [0.5, 0.6) is 0 Å². The average Bonchev–Trinajstić information content (AvgIpc) is 2.77. The summed E-state index contributed by atoms with van der Waals surface area (Å²) in [5.41, 5.74) is 0. The first-order valence-electron chi connectivity index (χ1n) is 9.07. The summed E-state index contributed by atoms with van der Waals surface area (Å²) in [6, 6.07) is 27.0. The molecule has 0 N–H and O–H groups in total. The summed E-state index contributed by atoms with van der Waals surface area (Å²) in [5, 5.41) is 0.